The molecule has 219 valence electrons. The molecule has 0 N–H and O–H groups in total. The number of rotatable bonds is 7. The van der Waals surface area contributed by atoms with Crippen LogP contribution in [0, 0.1) is 5.92 Å². The second-order valence-electron chi connectivity index (χ2n) is 11.4. The summed E-state index contributed by atoms with van der Waals surface area (Å²) >= 11 is 0. The van der Waals surface area contributed by atoms with Crippen molar-refractivity contribution in [2.45, 2.75) is 96.8 Å². The Morgan fingerprint density at radius 2 is 1.51 bits per heavy atom. The van der Waals surface area contributed by atoms with Crippen molar-refractivity contribution in [3.63, 3.8) is 0 Å². The van der Waals surface area contributed by atoms with Crippen LogP contribution < -0.4 is 10.0 Å². The second kappa shape index (κ2) is 19.2. The monoisotopic (exact) mass is 595 g/mol. The number of carbonyl (C=O) groups excluding carboxylic acids is 3. The Bertz CT molecular complexity index is 908. The van der Waals surface area contributed by atoms with Gasteiger partial charge in [-0.1, -0.05) is 81.9 Å². The van der Waals surface area contributed by atoms with Crippen LogP contribution >= 0.6 is 8.58 Å². The maximum absolute atomic E-state index is 7.75. The minimum Gasteiger partial charge on any atom is -0.654 e. The standard InChI is InChI=1S/C28H42N2OP.3CHO.Mn/c1-19(30-18-20-12-9-10-15-29-20)22-13-11-14-25(22)32-21-16-23(27(2,3)4)26(31-8)24(17-21)28(5,6)7;3*1-2;/h9-10,12,15-17,19,22,25,32H,11,13-14,18H2,1-8H3;3*1H;/q4*-1;/t19-,22?,25?;;;;/m0..../s1. The Hall–Kier alpha value is -1.91. The molecule has 0 amide bonds. The summed E-state index contributed by atoms with van der Waals surface area (Å²) in [6.07, 6.45) is 5.78. The number of nitrogens with zero attached hydrogens (tertiary/aromatic N) is 2. The molecule has 6 nitrogen and oxygen atoms in total. The van der Waals surface area contributed by atoms with Crippen molar-refractivity contribution in [3.8, 4) is 5.75 Å². The topological polar surface area (TPSA) is 87.4 Å². The van der Waals surface area contributed by atoms with Gasteiger partial charge in [-0.25, -0.2) is 0 Å². The van der Waals surface area contributed by atoms with Crippen LogP contribution in [0.25, 0.3) is 5.32 Å². The molecule has 4 atom stereocenters. The van der Waals surface area contributed by atoms with Crippen molar-refractivity contribution < 1.29 is 36.2 Å². The quantitative estimate of drug-likeness (QED) is 0.162. The number of benzene rings is 1. The van der Waals surface area contributed by atoms with Gasteiger partial charge in [0.1, 0.15) is 5.75 Å². The van der Waals surface area contributed by atoms with Crippen molar-refractivity contribution in [2.75, 3.05) is 7.11 Å². The van der Waals surface area contributed by atoms with E-state index in [0.717, 1.165) is 26.6 Å². The molecule has 2 aromatic rings. The summed E-state index contributed by atoms with van der Waals surface area (Å²) in [5, 5.41) is 6.51. The second-order valence-corrected chi connectivity index (χ2v) is 13.0. The molecule has 1 saturated carbocycles. The molecule has 8 heteroatoms. The first-order valence-corrected chi connectivity index (χ1v) is 13.8. The molecule has 0 bridgehead atoms. The van der Waals surface area contributed by atoms with Gasteiger partial charge in [-0.05, 0) is 52.5 Å². The number of pyridine rings is 1. The van der Waals surface area contributed by atoms with Crippen molar-refractivity contribution in [3.05, 3.63) is 58.7 Å². The third kappa shape index (κ3) is 12.0. The van der Waals surface area contributed by atoms with Gasteiger partial charge in [-0.3, -0.25) is 25.4 Å². The number of hydrogen-bond donors (Lipinski definition) is 0. The molecular formula is C31H45MnN2O4P-4. The van der Waals surface area contributed by atoms with Gasteiger partial charge >= 0.3 is 0 Å². The van der Waals surface area contributed by atoms with Crippen LogP contribution in [0.4, 0.5) is 0 Å². The molecule has 1 aromatic heterocycles. The fourth-order valence-corrected chi connectivity index (χ4v) is 6.76. The van der Waals surface area contributed by atoms with Gasteiger partial charge in [-0.2, -0.15) is 0 Å². The van der Waals surface area contributed by atoms with E-state index in [4.69, 9.17) is 24.4 Å². The van der Waals surface area contributed by atoms with Crippen LogP contribution in [0.2, 0.25) is 0 Å². The number of ether oxygens (including phenoxy) is 1. The van der Waals surface area contributed by atoms with E-state index in [0.29, 0.717) is 17.6 Å². The Morgan fingerprint density at radius 3 is 1.95 bits per heavy atom. The smallest absolute Gasteiger partial charge is 0.126 e. The van der Waals surface area contributed by atoms with Crippen LogP contribution in [0.3, 0.4) is 0 Å². The Kier molecular flexibility index (Phi) is 19.3. The van der Waals surface area contributed by atoms with Crippen molar-refractivity contribution in [2.24, 2.45) is 5.92 Å². The molecule has 0 spiro atoms. The number of aromatic nitrogens is 1. The zero-order valence-corrected chi connectivity index (χ0v) is 26.8. The molecule has 0 aliphatic heterocycles. The summed E-state index contributed by atoms with van der Waals surface area (Å²) in [4.78, 5) is 27.7. The maximum atomic E-state index is 7.75. The molecular weight excluding hydrogens is 550 g/mol. The zero-order valence-electron chi connectivity index (χ0n) is 24.7. The molecule has 39 heavy (non-hydrogen) atoms. The summed E-state index contributed by atoms with van der Waals surface area (Å²) < 4.78 is 5.97. The molecule has 1 aliphatic rings. The van der Waals surface area contributed by atoms with Crippen molar-refractivity contribution in [1.29, 1.82) is 0 Å². The summed E-state index contributed by atoms with van der Waals surface area (Å²) in [6, 6.07) is 11.3. The molecule has 1 heterocycles. The van der Waals surface area contributed by atoms with E-state index in [1.54, 1.807) is 0 Å². The van der Waals surface area contributed by atoms with Crippen LogP contribution in [0.15, 0.2) is 36.5 Å². The van der Waals surface area contributed by atoms with Gasteiger partial charge in [0.25, 0.3) is 0 Å². The number of methoxy groups -OCH3 is 1. The molecule has 1 aliphatic carbocycles. The molecule has 3 unspecified atom stereocenters. The average molecular weight is 596 g/mol. The average Bonchev–Trinajstić information content (AvgIpc) is 3.38. The van der Waals surface area contributed by atoms with Crippen LogP contribution in [-0.4, -0.2) is 44.2 Å². The Labute approximate surface area is 249 Å². The summed E-state index contributed by atoms with van der Waals surface area (Å²) in [5.74, 6) is 1.73. The van der Waals surface area contributed by atoms with Gasteiger partial charge in [0.15, 0.2) is 0 Å². The van der Waals surface area contributed by atoms with Gasteiger partial charge < -0.3 is 24.4 Å². The molecule has 3 rings (SSSR count). The number of hydrogen-bond acceptors (Lipinski definition) is 5. The normalized spacial score (nSPS) is 17.3. The maximum Gasteiger partial charge on any atom is 0.126 e. The van der Waals surface area contributed by atoms with Crippen molar-refractivity contribution >= 4 is 34.3 Å². The summed E-state index contributed by atoms with van der Waals surface area (Å²) in [5.41, 5.74) is 4.54. The van der Waals surface area contributed by atoms with Gasteiger partial charge in [-0.15, -0.1) is 12.6 Å². The molecule has 0 saturated heterocycles. The third-order valence-corrected chi connectivity index (χ3v) is 8.43. The van der Waals surface area contributed by atoms with E-state index in [2.05, 4.69) is 92.0 Å². The molecule has 1 aromatic carbocycles. The SMILES string of the molecule is COc1c(C(C)(C)C)cc(PC2CCCC2[C@H](C)[N-]Cc2ccccn2)cc1C(C)(C)C.[CH-]=O.[CH-]=O.[CH-]=O.[Mn]. The first-order valence-electron chi connectivity index (χ1n) is 12.8. The predicted octanol–water partition coefficient (Wildman–Crippen LogP) is 6.30. The van der Waals surface area contributed by atoms with Gasteiger partial charge in [0.05, 0.1) is 7.11 Å². The minimum absolute atomic E-state index is 0. The van der Waals surface area contributed by atoms with E-state index in [9.17, 15) is 0 Å². The third-order valence-electron chi connectivity index (χ3n) is 6.72. The fraction of sp³-hybridized carbons (Fsp3) is 0.548. The van der Waals surface area contributed by atoms with E-state index >= 15 is 0 Å². The van der Waals surface area contributed by atoms with E-state index in [1.807, 2.05) is 25.4 Å². The molecule has 1 fully saturated rings. The zero-order chi connectivity index (χ0) is 29.5. The summed E-state index contributed by atoms with van der Waals surface area (Å²) in [6.45, 7) is 26.5. The first kappa shape index (κ1) is 39.2. The fourth-order valence-electron chi connectivity index (χ4n) is 4.87. The minimum atomic E-state index is 0. The Balaban J connectivity index is 0. The van der Waals surface area contributed by atoms with Crippen LogP contribution in [0.5, 0.6) is 5.75 Å². The van der Waals surface area contributed by atoms with E-state index in [-0.39, 0.29) is 27.9 Å². The summed E-state index contributed by atoms with van der Waals surface area (Å²) in [7, 11) is 2.64. The Morgan fingerprint density at radius 1 is 0.974 bits per heavy atom. The van der Waals surface area contributed by atoms with Gasteiger partial charge in [0, 0.05) is 40.1 Å². The van der Waals surface area contributed by atoms with Crippen molar-refractivity contribution in [1.82, 2.24) is 4.98 Å². The first-order chi connectivity index (χ1) is 18.0. The van der Waals surface area contributed by atoms with E-state index in [1.165, 1.54) is 35.7 Å². The van der Waals surface area contributed by atoms with E-state index < -0.39 is 0 Å². The van der Waals surface area contributed by atoms with Gasteiger partial charge in [0.2, 0.25) is 0 Å². The van der Waals surface area contributed by atoms with Crippen LogP contribution in [-0.2, 0) is 48.8 Å². The predicted molar refractivity (Wildman–Crippen MR) is 160 cm³/mol. The van der Waals surface area contributed by atoms with Crippen LogP contribution in [0.1, 0.15) is 84.5 Å². The largest absolute Gasteiger partial charge is 0.654 e. The molecule has 1 radical (unpaired) electrons.